The number of anilines is 1. The second-order valence-corrected chi connectivity index (χ2v) is 7.70. The van der Waals surface area contributed by atoms with Gasteiger partial charge in [-0.1, -0.05) is 37.6 Å². The number of aromatic nitrogens is 2. The van der Waals surface area contributed by atoms with Gasteiger partial charge < -0.3 is 15.1 Å². The third-order valence-corrected chi connectivity index (χ3v) is 5.16. The molecular formula is C22H31N5O. The summed E-state index contributed by atoms with van der Waals surface area (Å²) >= 11 is 0. The van der Waals surface area contributed by atoms with Gasteiger partial charge in [0.05, 0.1) is 0 Å². The van der Waals surface area contributed by atoms with E-state index in [9.17, 15) is 4.79 Å². The number of urea groups is 1. The average Bonchev–Trinajstić information content (AvgIpc) is 2.67. The molecule has 2 heterocycles. The summed E-state index contributed by atoms with van der Waals surface area (Å²) in [5.74, 6) is 2.12. The van der Waals surface area contributed by atoms with Crippen molar-refractivity contribution in [3.05, 3.63) is 41.1 Å². The van der Waals surface area contributed by atoms with Crippen LogP contribution in [0.2, 0.25) is 0 Å². The predicted octanol–water partition coefficient (Wildman–Crippen LogP) is 3.74. The van der Waals surface area contributed by atoms with Gasteiger partial charge in [-0.15, -0.1) is 0 Å². The molecule has 1 fully saturated rings. The molecule has 1 N–H and O–H groups in total. The second-order valence-electron chi connectivity index (χ2n) is 7.70. The van der Waals surface area contributed by atoms with E-state index >= 15 is 0 Å². The Morgan fingerprint density at radius 1 is 1.14 bits per heavy atom. The third-order valence-electron chi connectivity index (χ3n) is 5.16. The van der Waals surface area contributed by atoms with E-state index in [1.165, 1.54) is 11.1 Å². The van der Waals surface area contributed by atoms with E-state index in [0.29, 0.717) is 25.6 Å². The molecule has 1 aromatic heterocycles. The number of carbonyl (C=O) groups excluding carboxylic acids is 1. The Hall–Kier alpha value is -2.63. The number of nitrogens with zero attached hydrogens (tertiary/aromatic N) is 4. The van der Waals surface area contributed by atoms with Crippen LogP contribution in [0, 0.1) is 13.8 Å². The molecule has 3 rings (SSSR count). The molecule has 2 aromatic rings. The molecule has 1 aromatic carbocycles. The largest absolute Gasteiger partial charge is 0.353 e. The van der Waals surface area contributed by atoms with Gasteiger partial charge in [0.1, 0.15) is 5.82 Å². The van der Waals surface area contributed by atoms with E-state index in [0.717, 1.165) is 36.0 Å². The Bertz CT molecular complexity index is 841. The van der Waals surface area contributed by atoms with Crippen LogP contribution < -0.4 is 10.2 Å². The van der Waals surface area contributed by atoms with Gasteiger partial charge >= 0.3 is 6.03 Å². The van der Waals surface area contributed by atoms with E-state index in [2.05, 4.69) is 56.1 Å². The fraction of sp³-hybridized carbons (Fsp3) is 0.500. The Kier molecular flexibility index (Phi) is 6.17. The number of nitrogens with one attached hydrogen (secondary N) is 1. The van der Waals surface area contributed by atoms with Gasteiger partial charge in [0, 0.05) is 49.5 Å². The first kappa shape index (κ1) is 20.1. The summed E-state index contributed by atoms with van der Waals surface area (Å²) in [7, 11) is 0. The van der Waals surface area contributed by atoms with Crippen LogP contribution >= 0.6 is 0 Å². The fourth-order valence-electron chi connectivity index (χ4n) is 3.78. The number of aryl methyl sites for hydroxylation is 2. The quantitative estimate of drug-likeness (QED) is 0.876. The highest BCUT2D eigenvalue weighted by Gasteiger charge is 2.25. The smallest absolute Gasteiger partial charge is 0.317 e. The van der Waals surface area contributed by atoms with Crippen LogP contribution in [0.25, 0.3) is 11.4 Å². The lowest BCUT2D eigenvalue weighted by Crippen LogP contribution is -2.52. The second kappa shape index (κ2) is 8.59. The molecule has 1 saturated heterocycles. The van der Waals surface area contributed by atoms with Gasteiger partial charge in [-0.05, 0) is 32.8 Å². The van der Waals surface area contributed by atoms with Crippen molar-refractivity contribution in [2.24, 2.45) is 0 Å². The maximum Gasteiger partial charge on any atom is 0.317 e. The maximum atomic E-state index is 12.1. The molecular weight excluding hydrogens is 350 g/mol. The molecule has 6 heteroatoms. The van der Waals surface area contributed by atoms with Crippen molar-refractivity contribution in [2.75, 3.05) is 37.6 Å². The van der Waals surface area contributed by atoms with Gasteiger partial charge in [0.2, 0.25) is 0 Å². The summed E-state index contributed by atoms with van der Waals surface area (Å²) in [5.41, 5.74) is 4.47. The number of hydrogen-bond acceptors (Lipinski definition) is 4. The first-order valence-electron chi connectivity index (χ1n) is 10.1. The summed E-state index contributed by atoms with van der Waals surface area (Å²) in [6.45, 7) is 14.1. The first-order valence-corrected chi connectivity index (χ1v) is 10.1. The molecule has 1 aliphatic rings. The van der Waals surface area contributed by atoms with Gasteiger partial charge in [-0.25, -0.2) is 14.8 Å². The van der Waals surface area contributed by atoms with E-state index in [1.54, 1.807) is 0 Å². The minimum atomic E-state index is 0.0190. The number of hydrogen-bond donors (Lipinski definition) is 1. The van der Waals surface area contributed by atoms with Crippen molar-refractivity contribution in [1.29, 1.82) is 0 Å². The Morgan fingerprint density at radius 2 is 1.86 bits per heavy atom. The SMILES string of the molecule is CCNC(=O)N1CCN(c2nc(-c3cccc(C)c3)nc(C)c2C(C)C)CC1. The van der Waals surface area contributed by atoms with Gasteiger partial charge in [0.15, 0.2) is 5.82 Å². The standard InChI is InChI=1S/C22H31N5O/c1-6-23-22(28)27-12-10-26(11-13-27)21-19(15(2)3)17(5)24-20(25-21)18-9-7-8-16(4)14-18/h7-9,14-15H,6,10-13H2,1-5H3,(H,23,28). The van der Waals surface area contributed by atoms with Crippen LogP contribution in [0.1, 0.15) is 43.5 Å². The van der Waals surface area contributed by atoms with Crippen molar-refractivity contribution in [3.8, 4) is 11.4 Å². The lowest BCUT2D eigenvalue weighted by atomic mass is 10.0. The summed E-state index contributed by atoms with van der Waals surface area (Å²) in [6.07, 6.45) is 0. The van der Waals surface area contributed by atoms with Gasteiger partial charge in [-0.3, -0.25) is 0 Å². The van der Waals surface area contributed by atoms with Crippen molar-refractivity contribution in [1.82, 2.24) is 20.2 Å². The van der Waals surface area contributed by atoms with E-state index in [4.69, 9.17) is 9.97 Å². The molecule has 0 unspecified atom stereocenters. The molecule has 150 valence electrons. The average molecular weight is 382 g/mol. The highest BCUT2D eigenvalue weighted by molar-refractivity contribution is 5.74. The van der Waals surface area contributed by atoms with Crippen molar-refractivity contribution < 1.29 is 4.79 Å². The molecule has 0 atom stereocenters. The third kappa shape index (κ3) is 4.26. The van der Waals surface area contributed by atoms with Crippen molar-refractivity contribution in [2.45, 2.75) is 40.5 Å². The van der Waals surface area contributed by atoms with E-state index in [-0.39, 0.29) is 6.03 Å². The molecule has 1 aliphatic heterocycles. The lowest BCUT2D eigenvalue weighted by Gasteiger charge is -2.37. The Balaban J connectivity index is 1.92. The Morgan fingerprint density at radius 3 is 2.46 bits per heavy atom. The molecule has 0 bridgehead atoms. The minimum absolute atomic E-state index is 0.0190. The lowest BCUT2D eigenvalue weighted by molar-refractivity contribution is 0.195. The molecule has 0 radical (unpaired) electrons. The highest BCUT2D eigenvalue weighted by atomic mass is 16.2. The van der Waals surface area contributed by atoms with Gasteiger partial charge in [-0.2, -0.15) is 0 Å². The molecule has 6 nitrogen and oxygen atoms in total. The van der Waals surface area contributed by atoms with Crippen LogP contribution in [0.3, 0.4) is 0 Å². The summed E-state index contributed by atoms with van der Waals surface area (Å²) in [4.78, 5) is 26.1. The van der Waals surface area contributed by atoms with Crippen molar-refractivity contribution in [3.63, 3.8) is 0 Å². The zero-order valence-corrected chi connectivity index (χ0v) is 17.6. The summed E-state index contributed by atoms with van der Waals surface area (Å²) in [6, 6.07) is 8.34. The zero-order chi connectivity index (χ0) is 20.3. The zero-order valence-electron chi connectivity index (χ0n) is 17.6. The highest BCUT2D eigenvalue weighted by Crippen LogP contribution is 2.31. The molecule has 28 heavy (non-hydrogen) atoms. The van der Waals surface area contributed by atoms with Crippen molar-refractivity contribution >= 4 is 11.8 Å². The van der Waals surface area contributed by atoms with Crippen LogP contribution in [0.4, 0.5) is 10.6 Å². The van der Waals surface area contributed by atoms with Crippen LogP contribution in [-0.4, -0.2) is 53.6 Å². The van der Waals surface area contributed by atoms with E-state index < -0.39 is 0 Å². The Labute approximate surface area is 168 Å². The monoisotopic (exact) mass is 381 g/mol. The fourth-order valence-corrected chi connectivity index (χ4v) is 3.78. The van der Waals surface area contributed by atoms with Gasteiger partial charge in [0.25, 0.3) is 0 Å². The predicted molar refractivity (Wildman–Crippen MR) is 114 cm³/mol. The van der Waals surface area contributed by atoms with Crippen LogP contribution in [-0.2, 0) is 0 Å². The molecule has 0 aliphatic carbocycles. The van der Waals surface area contributed by atoms with Crippen LogP contribution in [0.15, 0.2) is 24.3 Å². The molecule has 0 saturated carbocycles. The molecule has 0 spiro atoms. The first-order chi connectivity index (χ1) is 13.4. The summed E-state index contributed by atoms with van der Waals surface area (Å²) < 4.78 is 0. The summed E-state index contributed by atoms with van der Waals surface area (Å²) in [5, 5.41) is 2.89. The number of carbonyl (C=O) groups is 1. The number of amides is 2. The number of piperazine rings is 1. The maximum absolute atomic E-state index is 12.1. The number of benzene rings is 1. The van der Waals surface area contributed by atoms with E-state index in [1.807, 2.05) is 17.9 Å². The normalized spacial score (nSPS) is 14.5. The minimum Gasteiger partial charge on any atom is -0.353 e. The van der Waals surface area contributed by atoms with Crippen LogP contribution in [0.5, 0.6) is 0 Å². The topological polar surface area (TPSA) is 61.4 Å². The molecule has 2 amide bonds. The number of rotatable bonds is 4.